The molecule has 0 aromatic heterocycles. The van der Waals surface area contributed by atoms with Crippen molar-refractivity contribution in [2.75, 3.05) is 13.2 Å². The first-order valence-electron chi connectivity index (χ1n) is 40.4. The van der Waals surface area contributed by atoms with Crippen LogP contribution in [0.25, 0.3) is 0 Å². The minimum absolute atomic E-state index is 0.0231. The summed E-state index contributed by atoms with van der Waals surface area (Å²) in [4.78, 5) is 24.7. The molecule has 0 rings (SSSR count). The molecular formula is C81H159NO5. The number of carbonyl (C=O) groups is 2. The molecule has 6 nitrogen and oxygen atoms in total. The number of unbranched alkanes of at least 4 members (excludes halogenated alkanes) is 64. The van der Waals surface area contributed by atoms with Crippen molar-refractivity contribution in [2.45, 2.75) is 482 Å². The van der Waals surface area contributed by atoms with Crippen molar-refractivity contribution in [3.8, 4) is 0 Å². The zero-order chi connectivity index (χ0) is 62.8. The van der Waals surface area contributed by atoms with Gasteiger partial charge in [-0.3, -0.25) is 9.59 Å². The second-order valence-corrected chi connectivity index (χ2v) is 28.1. The fourth-order valence-corrected chi connectivity index (χ4v) is 13.2. The molecule has 87 heavy (non-hydrogen) atoms. The van der Waals surface area contributed by atoms with E-state index < -0.39 is 12.1 Å². The van der Waals surface area contributed by atoms with Gasteiger partial charge in [0, 0.05) is 12.8 Å². The maximum atomic E-state index is 12.6. The number of aliphatic hydroxyl groups excluding tert-OH is 2. The maximum Gasteiger partial charge on any atom is 0.305 e. The maximum absolute atomic E-state index is 12.6. The van der Waals surface area contributed by atoms with Crippen molar-refractivity contribution in [3.63, 3.8) is 0 Å². The molecule has 6 heteroatoms. The number of hydrogen-bond donors (Lipinski definition) is 3. The van der Waals surface area contributed by atoms with E-state index in [1.807, 2.05) is 0 Å². The topological polar surface area (TPSA) is 95.9 Å². The molecular weight excluding hydrogens is 1070 g/mol. The van der Waals surface area contributed by atoms with Gasteiger partial charge in [0.05, 0.1) is 25.4 Å². The van der Waals surface area contributed by atoms with E-state index in [0.717, 1.165) is 38.5 Å². The van der Waals surface area contributed by atoms with Crippen LogP contribution in [0.3, 0.4) is 0 Å². The first-order valence-corrected chi connectivity index (χ1v) is 40.4. The van der Waals surface area contributed by atoms with Gasteiger partial charge < -0.3 is 20.3 Å². The number of hydrogen-bond acceptors (Lipinski definition) is 5. The summed E-state index contributed by atoms with van der Waals surface area (Å²) >= 11 is 0. The van der Waals surface area contributed by atoms with Gasteiger partial charge in [0.15, 0.2) is 0 Å². The fourth-order valence-electron chi connectivity index (χ4n) is 13.2. The summed E-state index contributed by atoms with van der Waals surface area (Å²) in [6.07, 6.45) is 97.4. The lowest BCUT2D eigenvalue weighted by molar-refractivity contribution is -0.143. The lowest BCUT2D eigenvalue weighted by atomic mass is 10.0. The molecule has 0 saturated heterocycles. The molecule has 0 spiro atoms. The number of carbonyl (C=O) groups excluding carboxylic acids is 2. The van der Waals surface area contributed by atoms with Gasteiger partial charge >= 0.3 is 5.97 Å². The summed E-state index contributed by atoms with van der Waals surface area (Å²) in [6.45, 7) is 5.02. The number of nitrogens with one attached hydrogen (secondary N) is 1. The molecule has 518 valence electrons. The predicted molar refractivity (Wildman–Crippen MR) is 384 cm³/mol. The SMILES string of the molecule is CCCCCCCCCCCCCCCCCCCCCCCCC(O)C(CO)NC(=O)CCCCCCCCCCCCCCCCCC/C=C\CCCCCCCCCCCCCCOC(=O)CCCCCCCCCCCCCCCCCC. The summed E-state index contributed by atoms with van der Waals surface area (Å²) < 4.78 is 5.51. The molecule has 0 aromatic rings. The highest BCUT2D eigenvalue weighted by atomic mass is 16.5. The smallest absolute Gasteiger partial charge is 0.305 e. The Bertz CT molecular complexity index is 1320. The van der Waals surface area contributed by atoms with E-state index in [4.69, 9.17) is 4.74 Å². The predicted octanol–water partition coefficient (Wildman–Crippen LogP) is 26.7. The Kier molecular flexibility index (Phi) is 75.8. The van der Waals surface area contributed by atoms with Crippen molar-refractivity contribution < 1.29 is 24.5 Å². The number of ether oxygens (including phenoxy) is 1. The van der Waals surface area contributed by atoms with Crippen LogP contribution in [0.15, 0.2) is 12.2 Å². The van der Waals surface area contributed by atoms with Crippen LogP contribution >= 0.6 is 0 Å². The number of rotatable bonds is 77. The molecule has 0 saturated carbocycles. The van der Waals surface area contributed by atoms with E-state index in [0.29, 0.717) is 25.9 Å². The summed E-state index contributed by atoms with van der Waals surface area (Å²) in [7, 11) is 0. The highest BCUT2D eigenvalue weighted by Crippen LogP contribution is 2.20. The normalized spacial score (nSPS) is 12.5. The molecule has 0 aliphatic carbocycles. The van der Waals surface area contributed by atoms with Gasteiger partial charge in [-0.05, 0) is 51.4 Å². The van der Waals surface area contributed by atoms with Crippen LogP contribution in [0.4, 0.5) is 0 Å². The molecule has 0 fully saturated rings. The summed E-state index contributed by atoms with van der Waals surface area (Å²) in [5, 5.41) is 23.5. The Morgan fingerprint density at radius 2 is 0.540 bits per heavy atom. The molecule has 2 unspecified atom stereocenters. The Hall–Kier alpha value is -1.40. The van der Waals surface area contributed by atoms with Gasteiger partial charge in [-0.15, -0.1) is 0 Å². The molecule has 3 N–H and O–H groups in total. The summed E-state index contributed by atoms with van der Waals surface area (Å²) in [5.74, 6) is -0.00334. The second kappa shape index (κ2) is 77.1. The van der Waals surface area contributed by atoms with Crippen molar-refractivity contribution >= 4 is 11.9 Å². The number of aliphatic hydroxyl groups is 2. The van der Waals surface area contributed by atoms with Crippen LogP contribution < -0.4 is 5.32 Å². The molecule has 0 aliphatic rings. The van der Waals surface area contributed by atoms with E-state index >= 15 is 0 Å². The van der Waals surface area contributed by atoms with Gasteiger partial charge in [0.1, 0.15) is 0 Å². The van der Waals surface area contributed by atoms with E-state index in [9.17, 15) is 19.8 Å². The zero-order valence-corrected chi connectivity index (χ0v) is 59.5. The van der Waals surface area contributed by atoms with Crippen molar-refractivity contribution in [2.24, 2.45) is 0 Å². The lowest BCUT2D eigenvalue weighted by Crippen LogP contribution is -2.45. The summed E-state index contributed by atoms with van der Waals surface area (Å²) in [6, 6.07) is -0.540. The lowest BCUT2D eigenvalue weighted by Gasteiger charge is -2.22. The Labute approximate surface area is 546 Å². The third-order valence-electron chi connectivity index (χ3n) is 19.3. The molecule has 0 bridgehead atoms. The fraction of sp³-hybridized carbons (Fsp3) is 0.951. The molecule has 0 radical (unpaired) electrons. The first kappa shape index (κ1) is 85.6. The molecule has 2 atom stereocenters. The van der Waals surface area contributed by atoms with Crippen LogP contribution in [-0.4, -0.2) is 47.4 Å². The Morgan fingerprint density at radius 1 is 0.310 bits per heavy atom. The number of allylic oxidation sites excluding steroid dienone is 2. The van der Waals surface area contributed by atoms with Gasteiger partial charge in [-0.25, -0.2) is 0 Å². The molecule has 0 heterocycles. The standard InChI is InChI=1S/C81H159NO5/c1-3-5-7-9-11-13-15-17-19-21-22-23-36-39-42-45-49-53-57-61-65-69-73-79(84)78(77-83)82-80(85)74-70-66-62-58-54-50-46-43-40-37-34-32-30-28-26-24-25-27-29-31-33-35-38-41-44-48-52-56-60-64-68-72-76-87-81(86)75-71-67-63-59-55-51-47-20-18-16-14-12-10-8-6-4-2/h27,29,78-79,83-84H,3-26,28,30-77H2,1-2H3,(H,82,85)/b29-27-. The highest BCUT2D eigenvalue weighted by Gasteiger charge is 2.20. The third kappa shape index (κ3) is 73.5. The van der Waals surface area contributed by atoms with Crippen molar-refractivity contribution in [3.05, 3.63) is 12.2 Å². The number of amides is 1. The van der Waals surface area contributed by atoms with Gasteiger partial charge in [-0.2, -0.15) is 0 Å². The third-order valence-corrected chi connectivity index (χ3v) is 19.3. The van der Waals surface area contributed by atoms with Crippen molar-refractivity contribution in [1.82, 2.24) is 5.32 Å². The largest absolute Gasteiger partial charge is 0.466 e. The average Bonchev–Trinajstić information content (AvgIpc) is 3.56. The quantitative estimate of drug-likeness (QED) is 0.0320. The first-order chi connectivity index (χ1) is 43.0. The Morgan fingerprint density at radius 3 is 0.816 bits per heavy atom. The van der Waals surface area contributed by atoms with E-state index in [-0.39, 0.29) is 18.5 Å². The van der Waals surface area contributed by atoms with Crippen molar-refractivity contribution in [1.29, 1.82) is 0 Å². The highest BCUT2D eigenvalue weighted by molar-refractivity contribution is 5.76. The van der Waals surface area contributed by atoms with E-state index in [2.05, 4.69) is 31.3 Å². The van der Waals surface area contributed by atoms with E-state index in [1.165, 1.54) is 398 Å². The zero-order valence-electron chi connectivity index (χ0n) is 59.5. The minimum atomic E-state index is -0.663. The van der Waals surface area contributed by atoms with E-state index in [1.54, 1.807) is 0 Å². The molecule has 0 aliphatic heterocycles. The van der Waals surface area contributed by atoms with Crippen LogP contribution in [0.2, 0.25) is 0 Å². The molecule has 1 amide bonds. The van der Waals surface area contributed by atoms with Gasteiger partial charge in [0.25, 0.3) is 0 Å². The number of esters is 1. The van der Waals surface area contributed by atoms with Crippen LogP contribution in [0, 0.1) is 0 Å². The van der Waals surface area contributed by atoms with Crippen LogP contribution in [0.5, 0.6) is 0 Å². The van der Waals surface area contributed by atoms with Gasteiger partial charge in [0.2, 0.25) is 5.91 Å². The monoisotopic (exact) mass is 1230 g/mol. The van der Waals surface area contributed by atoms with Gasteiger partial charge in [-0.1, -0.05) is 418 Å². The summed E-state index contributed by atoms with van der Waals surface area (Å²) in [5.41, 5.74) is 0. The second-order valence-electron chi connectivity index (χ2n) is 28.1. The molecule has 0 aromatic carbocycles. The van der Waals surface area contributed by atoms with Crippen LogP contribution in [0.1, 0.15) is 470 Å². The average molecular weight is 1230 g/mol. The minimum Gasteiger partial charge on any atom is -0.466 e. The Balaban J connectivity index is 3.34. The van der Waals surface area contributed by atoms with Crippen LogP contribution in [-0.2, 0) is 14.3 Å².